The Morgan fingerprint density at radius 2 is 1.53 bits per heavy atom. The number of alkyl halides is 3. The van der Waals surface area contributed by atoms with Gasteiger partial charge in [-0.1, -0.05) is 36.4 Å². The average molecular weight is 465 g/mol. The lowest BCUT2D eigenvalue weighted by atomic mass is 10.1. The Morgan fingerprint density at radius 1 is 0.824 bits per heavy atom. The lowest BCUT2D eigenvalue weighted by molar-refractivity contribution is -0.138. The summed E-state index contributed by atoms with van der Waals surface area (Å²) in [5.41, 5.74) is 0.311. The quantitative estimate of drug-likeness (QED) is 0.461. The fraction of sp³-hybridized carbons (Fsp3) is 0.231. The smallest absolute Gasteiger partial charge is 0.417 e. The van der Waals surface area contributed by atoms with Gasteiger partial charge < -0.3 is 14.5 Å². The van der Waals surface area contributed by atoms with Crippen molar-refractivity contribution in [3.63, 3.8) is 0 Å². The largest absolute Gasteiger partial charge is 0.454 e. The van der Waals surface area contributed by atoms with E-state index < -0.39 is 17.6 Å². The van der Waals surface area contributed by atoms with Crippen molar-refractivity contribution >= 4 is 17.4 Å². The fourth-order valence-corrected chi connectivity index (χ4v) is 4.33. The molecule has 34 heavy (non-hydrogen) atoms. The first kappa shape index (κ1) is 22.0. The molecule has 174 valence electrons. The summed E-state index contributed by atoms with van der Waals surface area (Å²) in [6.45, 7) is 1.70. The van der Waals surface area contributed by atoms with Crippen molar-refractivity contribution < 1.29 is 22.7 Å². The van der Waals surface area contributed by atoms with Gasteiger partial charge in [0, 0.05) is 26.2 Å². The number of amides is 1. The summed E-state index contributed by atoms with van der Waals surface area (Å²) in [5, 5.41) is 0. The molecule has 0 atom stereocenters. The van der Waals surface area contributed by atoms with E-state index >= 15 is 0 Å². The zero-order valence-corrected chi connectivity index (χ0v) is 18.3. The summed E-state index contributed by atoms with van der Waals surface area (Å²) in [4.78, 5) is 21.5. The van der Waals surface area contributed by atoms with Crippen LogP contribution in [0, 0.1) is 0 Å². The first-order valence-corrected chi connectivity index (χ1v) is 11.1. The van der Waals surface area contributed by atoms with Crippen molar-refractivity contribution in [1.29, 1.82) is 0 Å². The molecular weight excluding hydrogens is 443 g/mol. The Labute approximate surface area is 195 Å². The number of benzene rings is 3. The molecule has 0 bridgehead atoms. The van der Waals surface area contributed by atoms with Crippen LogP contribution in [0.5, 0.6) is 11.5 Å². The fourth-order valence-electron chi connectivity index (χ4n) is 4.33. The molecular formula is C26H22F3N3O2. The molecule has 0 spiro atoms. The number of halogens is 3. The molecule has 1 saturated heterocycles. The number of nitrogens with zero attached hydrogens (tertiary/aromatic N) is 3. The van der Waals surface area contributed by atoms with Crippen LogP contribution in [0.2, 0.25) is 0 Å². The van der Waals surface area contributed by atoms with Gasteiger partial charge in [0.05, 0.1) is 16.7 Å². The van der Waals surface area contributed by atoms with Gasteiger partial charge in [-0.3, -0.25) is 4.79 Å². The molecule has 0 aromatic heterocycles. The predicted molar refractivity (Wildman–Crippen MR) is 123 cm³/mol. The summed E-state index contributed by atoms with van der Waals surface area (Å²) in [5.74, 6) is 1.46. The molecule has 1 fully saturated rings. The number of hydrogen-bond acceptors (Lipinski definition) is 4. The summed E-state index contributed by atoms with van der Waals surface area (Å²) >= 11 is 0. The van der Waals surface area contributed by atoms with Crippen molar-refractivity contribution in [1.82, 2.24) is 9.80 Å². The zero-order valence-electron chi connectivity index (χ0n) is 18.3. The molecule has 0 N–H and O–H groups in total. The lowest BCUT2D eigenvalue weighted by Gasteiger charge is -2.25. The van der Waals surface area contributed by atoms with Crippen LogP contribution in [-0.2, 0) is 6.18 Å². The van der Waals surface area contributed by atoms with E-state index in [0.717, 1.165) is 17.5 Å². The highest BCUT2D eigenvalue weighted by Crippen LogP contribution is 2.38. The minimum absolute atomic E-state index is 0.286. The monoisotopic (exact) mass is 465 g/mol. The van der Waals surface area contributed by atoms with E-state index in [-0.39, 0.29) is 12.1 Å². The van der Waals surface area contributed by atoms with Gasteiger partial charge in [0.15, 0.2) is 5.75 Å². The van der Waals surface area contributed by atoms with Crippen LogP contribution < -0.4 is 4.74 Å². The third-order valence-corrected chi connectivity index (χ3v) is 5.99. The number of ether oxygens (including phenoxy) is 1. The minimum Gasteiger partial charge on any atom is -0.454 e. The molecule has 0 saturated carbocycles. The van der Waals surface area contributed by atoms with E-state index in [0.29, 0.717) is 43.2 Å². The third-order valence-electron chi connectivity index (χ3n) is 5.99. The average Bonchev–Trinajstić information content (AvgIpc) is 3.18. The highest BCUT2D eigenvalue weighted by atomic mass is 19.4. The Morgan fingerprint density at radius 3 is 2.35 bits per heavy atom. The normalized spacial score (nSPS) is 15.9. The molecule has 2 heterocycles. The molecule has 3 aromatic carbocycles. The third kappa shape index (κ3) is 4.23. The zero-order chi connectivity index (χ0) is 23.7. The van der Waals surface area contributed by atoms with E-state index in [1.165, 1.54) is 23.1 Å². The van der Waals surface area contributed by atoms with Crippen molar-refractivity contribution in [2.24, 2.45) is 4.99 Å². The van der Waals surface area contributed by atoms with Crippen LogP contribution in [0.15, 0.2) is 77.8 Å². The molecule has 2 aliphatic heterocycles. The first-order valence-electron chi connectivity index (χ1n) is 11.1. The molecule has 5 nitrogen and oxygen atoms in total. The summed E-state index contributed by atoms with van der Waals surface area (Å²) in [6, 6.07) is 20.1. The van der Waals surface area contributed by atoms with Gasteiger partial charge in [-0.25, -0.2) is 4.99 Å². The number of amidine groups is 1. The van der Waals surface area contributed by atoms with Crippen molar-refractivity contribution in [3.8, 4) is 11.5 Å². The van der Waals surface area contributed by atoms with Gasteiger partial charge in [0.2, 0.25) is 0 Å². The van der Waals surface area contributed by atoms with Gasteiger partial charge >= 0.3 is 6.18 Å². The van der Waals surface area contributed by atoms with Gasteiger partial charge in [0.1, 0.15) is 17.3 Å². The Bertz CT molecular complexity index is 1260. The van der Waals surface area contributed by atoms with Crippen molar-refractivity contribution in [2.45, 2.75) is 12.6 Å². The maximum atomic E-state index is 13.5. The number of aliphatic imine (C=N–C) groups is 1. The van der Waals surface area contributed by atoms with Gasteiger partial charge in [-0.2, -0.15) is 13.2 Å². The van der Waals surface area contributed by atoms with Crippen LogP contribution in [0.25, 0.3) is 0 Å². The topological polar surface area (TPSA) is 45.1 Å². The predicted octanol–water partition coefficient (Wildman–Crippen LogP) is 5.74. The Kier molecular flexibility index (Phi) is 5.73. The van der Waals surface area contributed by atoms with Crippen molar-refractivity contribution in [2.75, 3.05) is 26.2 Å². The van der Waals surface area contributed by atoms with Gasteiger partial charge in [0.25, 0.3) is 5.91 Å². The van der Waals surface area contributed by atoms with Gasteiger partial charge in [-0.05, 0) is 42.8 Å². The first-order chi connectivity index (χ1) is 16.4. The van der Waals surface area contributed by atoms with Crippen LogP contribution in [-0.4, -0.2) is 47.7 Å². The molecule has 3 aromatic rings. The summed E-state index contributed by atoms with van der Waals surface area (Å²) < 4.78 is 46.5. The number of carbonyl (C=O) groups is 1. The number of para-hydroxylation sites is 3. The van der Waals surface area contributed by atoms with Crippen LogP contribution in [0.1, 0.15) is 27.9 Å². The van der Waals surface area contributed by atoms with Crippen molar-refractivity contribution in [3.05, 3.63) is 89.5 Å². The highest BCUT2D eigenvalue weighted by Gasteiger charge is 2.36. The molecule has 5 rings (SSSR count). The number of fused-ring (bicyclic) bond motifs is 2. The number of rotatable bonds is 1. The maximum Gasteiger partial charge on any atom is 0.417 e. The number of hydrogen-bond donors (Lipinski definition) is 0. The van der Waals surface area contributed by atoms with Crippen LogP contribution in [0.3, 0.4) is 0 Å². The molecule has 8 heteroatoms. The summed E-state index contributed by atoms with van der Waals surface area (Å²) in [6.07, 6.45) is -3.99. The Hall–Kier alpha value is -3.81. The molecule has 0 radical (unpaired) electrons. The van der Waals surface area contributed by atoms with Crippen LogP contribution >= 0.6 is 0 Å². The van der Waals surface area contributed by atoms with E-state index in [4.69, 9.17) is 9.73 Å². The van der Waals surface area contributed by atoms with E-state index in [2.05, 4.69) is 4.90 Å². The number of carbonyl (C=O) groups excluding carboxylic acids is 1. The Balaban J connectivity index is 1.43. The van der Waals surface area contributed by atoms with Gasteiger partial charge in [-0.15, -0.1) is 0 Å². The van der Waals surface area contributed by atoms with E-state index in [9.17, 15) is 18.0 Å². The maximum absolute atomic E-state index is 13.5. The lowest BCUT2D eigenvalue weighted by Crippen LogP contribution is -2.38. The molecule has 1 amide bonds. The standard InChI is InChI=1S/C26H22F3N3O2/c27-26(28,29)20-10-3-1-8-18(20)25(33)32-15-7-14-31(16-17-32)24-19-9-2-5-12-22(19)34-23-13-6-4-11-21(23)30-24/h1-6,8-13H,7,14-17H2. The minimum atomic E-state index is -4.59. The van der Waals surface area contributed by atoms with Crippen LogP contribution in [0.4, 0.5) is 18.9 Å². The molecule has 0 unspecified atom stereocenters. The second kappa shape index (κ2) is 8.85. The molecule has 0 aliphatic carbocycles. The van der Waals surface area contributed by atoms with E-state index in [1.807, 2.05) is 48.5 Å². The SMILES string of the molecule is O=C(c1ccccc1C(F)(F)F)N1CCCN(C2=Nc3ccccc3Oc3ccccc32)CC1. The molecule has 2 aliphatic rings. The highest BCUT2D eigenvalue weighted by molar-refractivity contribution is 6.04. The van der Waals surface area contributed by atoms with E-state index in [1.54, 1.807) is 0 Å². The summed E-state index contributed by atoms with van der Waals surface area (Å²) in [7, 11) is 0. The second-order valence-corrected chi connectivity index (χ2v) is 8.18. The second-order valence-electron chi connectivity index (χ2n) is 8.18.